The Bertz CT molecular complexity index is 704. The van der Waals surface area contributed by atoms with Gasteiger partial charge in [-0.05, 0) is 44.4 Å². The lowest BCUT2D eigenvalue weighted by atomic mass is 10.2. The summed E-state index contributed by atoms with van der Waals surface area (Å²) >= 11 is 0. The average Bonchev–Trinajstić information content (AvgIpc) is 2.55. The van der Waals surface area contributed by atoms with Crippen LogP contribution in [-0.2, 0) is 0 Å². The van der Waals surface area contributed by atoms with Gasteiger partial charge in [-0.3, -0.25) is 4.79 Å². The standard InChI is InChI=1S/C17H19N5O/c1-22(2)9-8-19-17(23)16-7-6-15(12-20-16)21-14-5-3-4-13(10-14)11-18/h3-7,10,12,21H,8-9H2,1-2H3,(H,19,23). The molecule has 0 aliphatic heterocycles. The number of rotatable bonds is 6. The van der Waals surface area contributed by atoms with Gasteiger partial charge >= 0.3 is 0 Å². The Morgan fingerprint density at radius 3 is 2.74 bits per heavy atom. The van der Waals surface area contributed by atoms with Gasteiger partial charge in [-0.2, -0.15) is 5.26 Å². The highest BCUT2D eigenvalue weighted by Gasteiger charge is 2.06. The van der Waals surface area contributed by atoms with Crippen LogP contribution < -0.4 is 10.6 Å². The molecule has 6 nitrogen and oxygen atoms in total. The highest BCUT2D eigenvalue weighted by atomic mass is 16.1. The molecule has 0 saturated heterocycles. The van der Waals surface area contributed by atoms with E-state index in [1.807, 2.05) is 25.1 Å². The third-order valence-corrected chi connectivity index (χ3v) is 3.12. The number of aromatic nitrogens is 1. The van der Waals surface area contributed by atoms with Gasteiger partial charge in [0.05, 0.1) is 23.5 Å². The number of hydrogen-bond acceptors (Lipinski definition) is 5. The zero-order chi connectivity index (χ0) is 16.7. The van der Waals surface area contributed by atoms with Crippen LogP contribution in [0.5, 0.6) is 0 Å². The highest BCUT2D eigenvalue weighted by Crippen LogP contribution is 2.16. The first-order valence-corrected chi connectivity index (χ1v) is 7.24. The third kappa shape index (κ3) is 5.09. The van der Waals surface area contributed by atoms with E-state index in [0.717, 1.165) is 17.9 Å². The number of carbonyl (C=O) groups is 1. The van der Waals surface area contributed by atoms with E-state index >= 15 is 0 Å². The Balaban J connectivity index is 1.96. The fourth-order valence-corrected chi connectivity index (χ4v) is 1.92. The van der Waals surface area contributed by atoms with E-state index in [0.29, 0.717) is 17.8 Å². The van der Waals surface area contributed by atoms with Gasteiger partial charge < -0.3 is 15.5 Å². The molecule has 6 heteroatoms. The Morgan fingerprint density at radius 1 is 1.26 bits per heavy atom. The fourth-order valence-electron chi connectivity index (χ4n) is 1.92. The SMILES string of the molecule is CN(C)CCNC(=O)c1ccc(Nc2cccc(C#N)c2)cn1. The largest absolute Gasteiger partial charge is 0.354 e. The second kappa shape index (κ2) is 7.92. The van der Waals surface area contributed by atoms with Crippen molar-refractivity contribution in [2.75, 3.05) is 32.5 Å². The quantitative estimate of drug-likeness (QED) is 0.853. The van der Waals surface area contributed by atoms with Crippen molar-refractivity contribution < 1.29 is 4.79 Å². The summed E-state index contributed by atoms with van der Waals surface area (Å²) in [7, 11) is 3.90. The second-order valence-electron chi connectivity index (χ2n) is 5.31. The van der Waals surface area contributed by atoms with Crippen LogP contribution in [0.4, 0.5) is 11.4 Å². The maximum absolute atomic E-state index is 11.9. The average molecular weight is 309 g/mol. The molecule has 2 aromatic rings. The first-order chi connectivity index (χ1) is 11.1. The van der Waals surface area contributed by atoms with E-state index in [9.17, 15) is 4.79 Å². The minimum Gasteiger partial charge on any atom is -0.354 e. The number of nitrogens with one attached hydrogen (secondary N) is 2. The lowest BCUT2D eigenvalue weighted by Crippen LogP contribution is -2.31. The molecule has 0 aliphatic rings. The first kappa shape index (κ1) is 16.5. The van der Waals surface area contributed by atoms with Crippen molar-refractivity contribution in [1.82, 2.24) is 15.2 Å². The molecule has 0 bridgehead atoms. The summed E-state index contributed by atoms with van der Waals surface area (Å²) in [5, 5.41) is 14.9. The van der Waals surface area contributed by atoms with Gasteiger partial charge in [0.15, 0.2) is 0 Å². The van der Waals surface area contributed by atoms with Crippen molar-refractivity contribution in [3.05, 3.63) is 53.9 Å². The van der Waals surface area contributed by atoms with Crippen LogP contribution in [0.15, 0.2) is 42.6 Å². The van der Waals surface area contributed by atoms with E-state index in [4.69, 9.17) is 5.26 Å². The van der Waals surface area contributed by atoms with Gasteiger partial charge in [-0.1, -0.05) is 6.07 Å². The molecule has 2 N–H and O–H groups in total. The first-order valence-electron chi connectivity index (χ1n) is 7.24. The molecule has 1 heterocycles. The predicted molar refractivity (Wildman–Crippen MR) is 89.6 cm³/mol. The second-order valence-corrected chi connectivity index (χ2v) is 5.31. The summed E-state index contributed by atoms with van der Waals surface area (Å²) in [6, 6.07) is 12.7. The third-order valence-electron chi connectivity index (χ3n) is 3.12. The number of amides is 1. The molecule has 2 rings (SSSR count). The van der Waals surface area contributed by atoms with Crippen molar-refractivity contribution in [1.29, 1.82) is 5.26 Å². The molecule has 1 amide bonds. The summed E-state index contributed by atoms with van der Waals surface area (Å²) in [6.07, 6.45) is 1.60. The molecule has 1 aromatic heterocycles. The monoisotopic (exact) mass is 309 g/mol. The van der Waals surface area contributed by atoms with Gasteiger partial charge in [-0.15, -0.1) is 0 Å². The Morgan fingerprint density at radius 2 is 2.09 bits per heavy atom. The minimum absolute atomic E-state index is 0.190. The molecule has 0 aliphatic carbocycles. The number of likely N-dealkylation sites (N-methyl/N-ethyl adjacent to an activating group) is 1. The Kier molecular flexibility index (Phi) is 5.67. The zero-order valence-electron chi connectivity index (χ0n) is 13.2. The normalized spacial score (nSPS) is 10.2. The molecule has 0 spiro atoms. The molecule has 0 unspecified atom stereocenters. The summed E-state index contributed by atoms with van der Waals surface area (Å²) in [6.45, 7) is 1.36. The van der Waals surface area contributed by atoms with Gasteiger partial charge in [0, 0.05) is 18.8 Å². The van der Waals surface area contributed by atoms with Crippen molar-refractivity contribution in [2.24, 2.45) is 0 Å². The van der Waals surface area contributed by atoms with Crippen LogP contribution >= 0.6 is 0 Å². The fraction of sp³-hybridized carbons (Fsp3) is 0.235. The molecular weight excluding hydrogens is 290 g/mol. The minimum atomic E-state index is -0.190. The van der Waals surface area contributed by atoms with Crippen LogP contribution in [-0.4, -0.2) is 43.0 Å². The van der Waals surface area contributed by atoms with Crippen LogP contribution in [0.25, 0.3) is 0 Å². The number of nitriles is 1. The summed E-state index contributed by atoms with van der Waals surface area (Å²) < 4.78 is 0. The smallest absolute Gasteiger partial charge is 0.269 e. The van der Waals surface area contributed by atoms with Gasteiger partial charge in [0.2, 0.25) is 0 Å². The molecule has 23 heavy (non-hydrogen) atoms. The number of carbonyl (C=O) groups excluding carboxylic acids is 1. The van der Waals surface area contributed by atoms with Crippen molar-refractivity contribution in [3.8, 4) is 6.07 Å². The molecule has 1 aromatic carbocycles. The van der Waals surface area contributed by atoms with Crippen molar-refractivity contribution >= 4 is 17.3 Å². The van der Waals surface area contributed by atoms with E-state index in [1.165, 1.54) is 0 Å². The molecule has 0 atom stereocenters. The van der Waals surface area contributed by atoms with Gasteiger partial charge in [0.1, 0.15) is 5.69 Å². The van der Waals surface area contributed by atoms with Crippen LogP contribution in [0, 0.1) is 11.3 Å². The van der Waals surface area contributed by atoms with Crippen LogP contribution in [0.2, 0.25) is 0 Å². The number of pyridine rings is 1. The van der Waals surface area contributed by atoms with Gasteiger partial charge in [-0.25, -0.2) is 4.98 Å². The Hall–Kier alpha value is -2.91. The summed E-state index contributed by atoms with van der Waals surface area (Å²) in [4.78, 5) is 18.1. The van der Waals surface area contributed by atoms with Gasteiger partial charge in [0.25, 0.3) is 5.91 Å². The van der Waals surface area contributed by atoms with E-state index < -0.39 is 0 Å². The molecule has 0 radical (unpaired) electrons. The molecule has 0 saturated carbocycles. The zero-order valence-corrected chi connectivity index (χ0v) is 13.2. The van der Waals surface area contributed by atoms with Crippen molar-refractivity contribution in [2.45, 2.75) is 0 Å². The molecule has 118 valence electrons. The maximum Gasteiger partial charge on any atom is 0.269 e. The van der Waals surface area contributed by atoms with Crippen LogP contribution in [0.3, 0.4) is 0 Å². The molecule has 0 fully saturated rings. The van der Waals surface area contributed by atoms with E-state index in [1.54, 1.807) is 36.5 Å². The topological polar surface area (TPSA) is 81.0 Å². The Labute approximate surface area is 135 Å². The number of nitrogens with zero attached hydrogens (tertiary/aromatic N) is 3. The number of benzene rings is 1. The number of anilines is 2. The number of hydrogen-bond donors (Lipinski definition) is 2. The summed E-state index contributed by atoms with van der Waals surface area (Å²) in [5.74, 6) is -0.190. The van der Waals surface area contributed by atoms with Crippen LogP contribution in [0.1, 0.15) is 16.1 Å². The lowest BCUT2D eigenvalue weighted by Gasteiger charge is -2.10. The maximum atomic E-state index is 11.9. The predicted octanol–water partition coefficient (Wildman–Crippen LogP) is 1.99. The van der Waals surface area contributed by atoms with Crippen molar-refractivity contribution in [3.63, 3.8) is 0 Å². The molecular formula is C17H19N5O. The lowest BCUT2D eigenvalue weighted by molar-refractivity contribution is 0.0946. The summed E-state index contributed by atoms with van der Waals surface area (Å²) in [5.41, 5.74) is 2.51. The van der Waals surface area contributed by atoms with E-state index in [2.05, 4.69) is 21.7 Å². The highest BCUT2D eigenvalue weighted by molar-refractivity contribution is 5.92. The van der Waals surface area contributed by atoms with E-state index in [-0.39, 0.29) is 5.91 Å².